The second kappa shape index (κ2) is 5.98. The Bertz CT molecular complexity index is 645. The molecule has 1 aromatic rings. The highest BCUT2D eigenvalue weighted by Gasteiger charge is 2.39. The summed E-state index contributed by atoms with van der Waals surface area (Å²) >= 11 is 0. The third-order valence-corrected chi connectivity index (χ3v) is 6.06. The van der Waals surface area contributed by atoms with Crippen LogP contribution in [0.5, 0.6) is 0 Å². The maximum atomic E-state index is 12.8. The molecule has 0 spiro atoms. The van der Waals surface area contributed by atoms with Crippen LogP contribution in [-0.2, 0) is 14.8 Å². The van der Waals surface area contributed by atoms with E-state index in [4.69, 9.17) is 9.84 Å². The van der Waals surface area contributed by atoms with Crippen molar-refractivity contribution in [2.75, 3.05) is 19.8 Å². The van der Waals surface area contributed by atoms with Gasteiger partial charge in [0.15, 0.2) is 0 Å². The molecule has 0 amide bonds. The lowest BCUT2D eigenvalue weighted by atomic mass is 10.1. The highest BCUT2D eigenvalue weighted by Crippen LogP contribution is 2.33. The van der Waals surface area contributed by atoms with Gasteiger partial charge in [-0.25, -0.2) is 13.2 Å². The summed E-state index contributed by atoms with van der Waals surface area (Å²) < 4.78 is 32.5. The summed E-state index contributed by atoms with van der Waals surface area (Å²) in [4.78, 5) is 11.0. The number of nitrogens with zero attached hydrogens (tertiary/aromatic N) is 1. The van der Waals surface area contributed by atoms with Gasteiger partial charge in [0.25, 0.3) is 0 Å². The fraction of sp³-hybridized carbons (Fsp3) is 0.533. The molecular weight excluding hydrogens is 306 g/mol. The maximum absolute atomic E-state index is 12.8. The number of carbonyl (C=O) groups is 1. The Morgan fingerprint density at radius 3 is 2.41 bits per heavy atom. The van der Waals surface area contributed by atoms with E-state index in [1.165, 1.54) is 24.3 Å². The molecule has 0 bridgehead atoms. The zero-order valence-corrected chi connectivity index (χ0v) is 13.0. The first-order valence-corrected chi connectivity index (χ1v) is 8.85. The molecule has 1 saturated carbocycles. The van der Waals surface area contributed by atoms with Crippen molar-refractivity contribution < 1.29 is 23.1 Å². The highest BCUT2D eigenvalue weighted by atomic mass is 32.2. The zero-order chi connectivity index (χ0) is 15.7. The smallest absolute Gasteiger partial charge is 0.335 e. The fourth-order valence-electron chi connectivity index (χ4n) is 2.69. The first-order chi connectivity index (χ1) is 10.5. The fourth-order valence-corrected chi connectivity index (χ4v) is 4.45. The van der Waals surface area contributed by atoms with Gasteiger partial charge in [0.05, 0.1) is 17.1 Å². The van der Waals surface area contributed by atoms with Crippen LogP contribution in [0.4, 0.5) is 0 Å². The van der Waals surface area contributed by atoms with Gasteiger partial charge in [-0.05, 0) is 49.4 Å². The van der Waals surface area contributed by atoms with Crippen LogP contribution in [0.1, 0.15) is 29.6 Å². The normalized spacial score (nSPS) is 22.1. The highest BCUT2D eigenvalue weighted by molar-refractivity contribution is 7.89. The summed E-state index contributed by atoms with van der Waals surface area (Å²) in [6.45, 7) is 1.78. The second-order valence-corrected chi connectivity index (χ2v) is 7.76. The molecule has 3 rings (SSSR count). The number of benzene rings is 1. The van der Waals surface area contributed by atoms with Crippen LogP contribution in [-0.4, -0.2) is 49.6 Å². The van der Waals surface area contributed by atoms with Gasteiger partial charge in [0.1, 0.15) is 0 Å². The zero-order valence-electron chi connectivity index (χ0n) is 12.1. The third kappa shape index (κ3) is 3.16. The molecule has 1 aliphatic heterocycles. The summed E-state index contributed by atoms with van der Waals surface area (Å²) in [5, 5.41) is 8.90. The Kier molecular flexibility index (Phi) is 4.20. The summed E-state index contributed by atoms with van der Waals surface area (Å²) in [6.07, 6.45) is 2.66. The van der Waals surface area contributed by atoms with E-state index in [0.29, 0.717) is 19.8 Å². The van der Waals surface area contributed by atoms with Crippen molar-refractivity contribution in [3.05, 3.63) is 29.8 Å². The lowest BCUT2D eigenvalue weighted by molar-refractivity contribution is 0.0696. The van der Waals surface area contributed by atoms with E-state index in [2.05, 4.69) is 0 Å². The van der Waals surface area contributed by atoms with E-state index >= 15 is 0 Å². The molecule has 1 heterocycles. The van der Waals surface area contributed by atoms with Crippen molar-refractivity contribution in [2.24, 2.45) is 5.92 Å². The monoisotopic (exact) mass is 325 g/mol. The van der Waals surface area contributed by atoms with Crippen molar-refractivity contribution in [2.45, 2.75) is 30.2 Å². The molecule has 0 unspecified atom stereocenters. The number of hydrogen-bond acceptors (Lipinski definition) is 4. The molecule has 7 heteroatoms. The van der Waals surface area contributed by atoms with Crippen molar-refractivity contribution in [1.29, 1.82) is 0 Å². The minimum absolute atomic E-state index is 0.0738. The molecule has 1 N–H and O–H groups in total. The van der Waals surface area contributed by atoms with Gasteiger partial charge >= 0.3 is 5.97 Å². The van der Waals surface area contributed by atoms with Crippen LogP contribution in [0.15, 0.2) is 29.2 Å². The van der Waals surface area contributed by atoms with Gasteiger partial charge in [0.2, 0.25) is 10.0 Å². The average molecular weight is 325 g/mol. The van der Waals surface area contributed by atoms with Gasteiger partial charge in [-0.2, -0.15) is 4.31 Å². The Hall–Kier alpha value is -1.44. The van der Waals surface area contributed by atoms with Crippen molar-refractivity contribution >= 4 is 16.0 Å². The minimum atomic E-state index is -3.58. The summed E-state index contributed by atoms with van der Waals surface area (Å²) in [5.74, 6) is -0.820. The molecule has 120 valence electrons. The number of sulfonamides is 1. The lowest BCUT2D eigenvalue weighted by Crippen LogP contribution is -2.37. The summed E-state index contributed by atoms with van der Waals surface area (Å²) in [5.41, 5.74) is 0.0844. The molecular formula is C15H19NO5S. The van der Waals surface area contributed by atoms with E-state index in [0.717, 1.165) is 19.3 Å². The summed E-state index contributed by atoms with van der Waals surface area (Å²) in [7, 11) is -3.58. The van der Waals surface area contributed by atoms with E-state index in [1.54, 1.807) is 4.31 Å². The number of carboxylic acid groups (broad SMARTS) is 1. The van der Waals surface area contributed by atoms with Gasteiger partial charge in [-0.15, -0.1) is 0 Å². The van der Waals surface area contributed by atoms with Gasteiger partial charge in [0, 0.05) is 19.2 Å². The molecule has 1 aliphatic carbocycles. The van der Waals surface area contributed by atoms with Crippen LogP contribution in [0.2, 0.25) is 0 Å². The van der Waals surface area contributed by atoms with Crippen LogP contribution < -0.4 is 0 Å². The topological polar surface area (TPSA) is 83.9 Å². The number of ether oxygens (including phenoxy) is 1. The predicted molar refractivity (Wildman–Crippen MR) is 79.2 cm³/mol. The third-order valence-electron chi connectivity index (χ3n) is 4.12. The Morgan fingerprint density at radius 1 is 1.23 bits per heavy atom. The van der Waals surface area contributed by atoms with E-state index in [-0.39, 0.29) is 22.4 Å². The molecule has 1 aromatic carbocycles. The van der Waals surface area contributed by atoms with Crippen LogP contribution >= 0.6 is 0 Å². The molecule has 2 aliphatic rings. The van der Waals surface area contributed by atoms with Crippen molar-refractivity contribution in [3.8, 4) is 0 Å². The molecule has 2 fully saturated rings. The standard InChI is InChI=1S/C15H19NO5S/c17-15(18)12-1-5-14(6-2-12)22(19,20)16(13-3-4-13)9-11-7-8-21-10-11/h1-2,5-6,11,13H,3-4,7-10H2,(H,17,18)/t11-/m1/s1. The minimum Gasteiger partial charge on any atom is -0.478 e. The van der Waals surface area contributed by atoms with Crippen LogP contribution in [0, 0.1) is 5.92 Å². The average Bonchev–Trinajstić information content (AvgIpc) is 3.20. The number of aromatic carboxylic acids is 1. The molecule has 1 saturated heterocycles. The molecule has 1 atom stereocenters. The predicted octanol–water partition coefficient (Wildman–Crippen LogP) is 1.57. The Morgan fingerprint density at radius 2 is 1.91 bits per heavy atom. The Labute approximate surface area is 129 Å². The molecule has 0 radical (unpaired) electrons. The van der Waals surface area contributed by atoms with Gasteiger partial charge < -0.3 is 9.84 Å². The number of carboxylic acids is 1. The largest absolute Gasteiger partial charge is 0.478 e. The van der Waals surface area contributed by atoms with Crippen LogP contribution in [0.3, 0.4) is 0 Å². The maximum Gasteiger partial charge on any atom is 0.335 e. The SMILES string of the molecule is O=C(O)c1ccc(S(=O)(=O)N(C[C@H]2CCOC2)C2CC2)cc1. The van der Waals surface area contributed by atoms with Crippen molar-refractivity contribution in [3.63, 3.8) is 0 Å². The second-order valence-electron chi connectivity index (χ2n) is 5.87. The first-order valence-electron chi connectivity index (χ1n) is 7.41. The summed E-state index contributed by atoms with van der Waals surface area (Å²) in [6, 6.07) is 5.49. The van der Waals surface area contributed by atoms with E-state index in [9.17, 15) is 13.2 Å². The number of rotatable bonds is 6. The number of hydrogen-bond donors (Lipinski definition) is 1. The Balaban J connectivity index is 1.83. The van der Waals surface area contributed by atoms with Crippen molar-refractivity contribution in [1.82, 2.24) is 4.31 Å². The lowest BCUT2D eigenvalue weighted by Gasteiger charge is -2.24. The molecule has 6 nitrogen and oxygen atoms in total. The first kappa shape index (κ1) is 15.5. The molecule has 0 aromatic heterocycles. The van der Waals surface area contributed by atoms with E-state index in [1.807, 2.05) is 0 Å². The van der Waals surface area contributed by atoms with Gasteiger partial charge in [-0.3, -0.25) is 0 Å². The van der Waals surface area contributed by atoms with E-state index < -0.39 is 16.0 Å². The van der Waals surface area contributed by atoms with Gasteiger partial charge in [-0.1, -0.05) is 0 Å². The molecule has 22 heavy (non-hydrogen) atoms. The quantitative estimate of drug-likeness (QED) is 0.858. The van der Waals surface area contributed by atoms with Crippen LogP contribution in [0.25, 0.3) is 0 Å².